The largest absolute Gasteiger partial charge is 1.00 e. The first-order chi connectivity index (χ1) is 15.6. The van der Waals surface area contributed by atoms with Crippen LogP contribution in [-0.2, 0) is 9.59 Å². The minimum Gasteiger partial charge on any atom is -0.550 e. The Bertz CT molecular complexity index is 469. The van der Waals surface area contributed by atoms with Gasteiger partial charge in [0.1, 0.15) is 0 Å². The molecule has 188 valence electrons. The standard InChI is InChI=1S/C28H52O4.2Li/c1-2-3-4-5-6-7-8-9-10-11-12-13-14-15-16-17-18-19-20-21-23-26(28(31)32)24-22-25-27(29)30;;/h21,23,26H,2-20,22,24-25H2,1H3,(H,29,30)(H,31,32);;/q;2*+1/p-2. The van der Waals surface area contributed by atoms with Gasteiger partial charge in [0.2, 0.25) is 0 Å². The topological polar surface area (TPSA) is 80.3 Å². The molecule has 0 radical (unpaired) electrons. The smallest absolute Gasteiger partial charge is 0.550 e. The third-order valence-corrected chi connectivity index (χ3v) is 6.29. The predicted octanol–water partition coefficient (Wildman–Crippen LogP) is 0.269. The molecule has 0 aliphatic carbocycles. The Labute approximate surface area is 234 Å². The number of carbonyl (C=O) groups is 2. The molecule has 0 bridgehead atoms. The van der Waals surface area contributed by atoms with Gasteiger partial charge in [0.05, 0.1) is 0 Å². The van der Waals surface area contributed by atoms with E-state index < -0.39 is 17.9 Å². The quantitative estimate of drug-likeness (QED) is 0.110. The Morgan fingerprint density at radius 3 is 1.35 bits per heavy atom. The number of allylic oxidation sites excluding steroid dienone is 1. The van der Waals surface area contributed by atoms with Crippen molar-refractivity contribution < 1.29 is 57.5 Å². The zero-order valence-electron chi connectivity index (χ0n) is 22.9. The summed E-state index contributed by atoms with van der Waals surface area (Å²) in [6, 6.07) is 0. The maximum absolute atomic E-state index is 11.1. The van der Waals surface area contributed by atoms with E-state index in [0.29, 0.717) is 12.8 Å². The molecule has 1 atom stereocenters. The third kappa shape index (κ3) is 29.9. The van der Waals surface area contributed by atoms with Crippen LogP contribution in [0.5, 0.6) is 0 Å². The maximum atomic E-state index is 11.1. The molecule has 6 heteroatoms. The molecular weight excluding hydrogens is 414 g/mol. The summed E-state index contributed by atoms with van der Waals surface area (Å²) < 4.78 is 0. The fraction of sp³-hybridized carbons (Fsp3) is 0.857. The van der Waals surface area contributed by atoms with E-state index in [0.717, 1.165) is 12.8 Å². The molecular formula is C28H50Li2O4. The molecule has 0 saturated carbocycles. The van der Waals surface area contributed by atoms with Crippen LogP contribution in [0.25, 0.3) is 0 Å². The summed E-state index contributed by atoms with van der Waals surface area (Å²) in [7, 11) is 0. The van der Waals surface area contributed by atoms with Gasteiger partial charge in [-0.05, 0) is 32.1 Å². The molecule has 0 aromatic heterocycles. The van der Waals surface area contributed by atoms with Crippen molar-refractivity contribution in [2.75, 3.05) is 0 Å². The fourth-order valence-corrected chi connectivity index (χ4v) is 4.18. The summed E-state index contributed by atoms with van der Waals surface area (Å²) in [5.74, 6) is -2.95. The predicted molar refractivity (Wildman–Crippen MR) is 130 cm³/mol. The summed E-state index contributed by atoms with van der Waals surface area (Å²) >= 11 is 0. The first-order valence-corrected chi connectivity index (χ1v) is 13.6. The van der Waals surface area contributed by atoms with Crippen molar-refractivity contribution in [3.63, 3.8) is 0 Å². The van der Waals surface area contributed by atoms with Gasteiger partial charge in [0, 0.05) is 17.9 Å². The number of carbonyl (C=O) groups excluding carboxylic acids is 2. The van der Waals surface area contributed by atoms with Crippen molar-refractivity contribution in [1.29, 1.82) is 0 Å². The van der Waals surface area contributed by atoms with Gasteiger partial charge in [0.15, 0.2) is 0 Å². The molecule has 0 aliphatic heterocycles. The second kappa shape index (κ2) is 30.9. The van der Waals surface area contributed by atoms with Crippen molar-refractivity contribution in [1.82, 2.24) is 0 Å². The number of carboxylic acid groups (broad SMARTS) is 2. The molecule has 34 heavy (non-hydrogen) atoms. The van der Waals surface area contributed by atoms with Crippen LogP contribution < -0.4 is 47.9 Å². The van der Waals surface area contributed by atoms with Gasteiger partial charge < -0.3 is 19.8 Å². The van der Waals surface area contributed by atoms with E-state index in [9.17, 15) is 19.8 Å². The van der Waals surface area contributed by atoms with Gasteiger partial charge in [0.25, 0.3) is 0 Å². The average molecular weight is 465 g/mol. The van der Waals surface area contributed by atoms with E-state index >= 15 is 0 Å². The van der Waals surface area contributed by atoms with E-state index in [-0.39, 0.29) is 44.1 Å². The van der Waals surface area contributed by atoms with E-state index in [1.807, 2.05) is 6.08 Å². The van der Waals surface area contributed by atoms with Crippen molar-refractivity contribution in [2.24, 2.45) is 5.92 Å². The first-order valence-electron chi connectivity index (χ1n) is 13.6. The maximum Gasteiger partial charge on any atom is 1.00 e. The number of aliphatic carboxylic acids is 2. The molecule has 0 aliphatic rings. The molecule has 0 N–H and O–H groups in total. The molecule has 0 saturated heterocycles. The Kier molecular flexibility index (Phi) is 34.9. The van der Waals surface area contributed by atoms with Crippen LogP contribution in [0.15, 0.2) is 12.2 Å². The van der Waals surface area contributed by atoms with Gasteiger partial charge in [-0.1, -0.05) is 128 Å². The average Bonchev–Trinajstić information content (AvgIpc) is 2.76. The summed E-state index contributed by atoms with van der Waals surface area (Å²) in [6.07, 6.45) is 29.4. The van der Waals surface area contributed by atoms with Gasteiger partial charge in [-0.2, -0.15) is 0 Å². The monoisotopic (exact) mass is 464 g/mol. The SMILES string of the molecule is CCCCCCCCCCCCCCCCCCCCC=CC(CCCC(=O)[O-])C(=O)[O-].[Li+].[Li+]. The number of unbranched alkanes of at least 4 members (excludes halogenated alkanes) is 18. The molecule has 0 spiro atoms. The second-order valence-corrected chi connectivity index (χ2v) is 9.42. The molecule has 0 amide bonds. The van der Waals surface area contributed by atoms with E-state index in [1.165, 1.54) is 109 Å². The number of rotatable bonds is 25. The Morgan fingerprint density at radius 2 is 1.00 bits per heavy atom. The summed E-state index contributed by atoms with van der Waals surface area (Å²) in [5, 5.41) is 21.5. The van der Waals surface area contributed by atoms with Crippen molar-refractivity contribution in [2.45, 2.75) is 148 Å². The normalized spacial score (nSPS) is 11.7. The summed E-state index contributed by atoms with van der Waals surface area (Å²) in [4.78, 5) is 21.5. The Balaban J connectivity index is -0.00000480. The summed E-state index contributed by atoms with van der Waals surface area (Å²) in [6.45, 7) is 2.27. The molecule has 1 unspecified atom stereocenters. The number of hydrogen-bond donors (Lipinski definition) is 0. The van der Waals surface area contributed by atoms with Crippen molar-refractivity contribution >= 4 is 11.9 Å². The molecule has 0 aromatic rings. The molecule has 0 fully saturated rings. The number of carboxylic acids is 2. The van der Waals surface area contributed by atoms with Crippen LogP contribution in [0.1, 0.15) is 148 Å². The van der Waals surface area contributed by atoms with E-state index in [1.54, 1.807) is 6.08 Å². The van der Waals surface area contributed by atoms with Crippen LogP contribution in [0.3, 0.4) is 0 Å². The van der Waals surface area contributed by atoms with Gasteiger partial charge in [-0.3, -0.25) is 0 Å². The Morgan fingerprint density at radius 1 is 0.618 bits per heavy atom. The van der Waals surface area contributed by atoms with Gasteiger partial charge >= 0.3 is 37.7 Å². The third-order valence-electron chi connectivity index (χ3n) is 6.29. The zero-order chi connectivity index (χ0) is 23.7. The van der Waals surface area contributed by atoms with Crippen LogP contribution in [-0.4, -0.2) is 11.9 Å². The van der Waals surface area contributed by atoms with Crippen LogP contribution >= 0.6 is 0 Å². The van der Waals surface area contributed by atoms with Crippen LogP contribution in [0.2, 0.25) is 0 Å². The minimum absolute atomic E-state index is 0. The second-order valence-electron chi connectivity index (χ2n) is 9.42. The first kappa shape index (κ1) is 38.4. The molecule has 0 heterocycles. The summed E-state index contributed by atoms with van der Waals surface area (Å²) in [5.41, 5.74) is 0. The molecule has 4 nitrogen and oxygen atoms in total. The van der Waals surface area contributed by atoms with Gasteiger partial charge in [-0.25, -0.2) is 0 Å². The van der Waals surface area contributed by atoms with Crippen molar-refractivity contribution in [3.05, 3.63) is 12.2 Å². The van der Waals surface area contributed by atoms with Gasteiger partial charge in [-0.15, -0.1) is 0 Å². The molecule has 0 aromatic carbocycles. The van der Waals surface area contributed by atoms with Crippen LogP contribution in [0, 0.1) is 5.92 Å². The van der Waals surface area contributed by atoms with E-state index in [2.05, 4.69) is 6.92 Å². The minimum atomic E-state index is -1.13. The van der Waals surface area contributed by atoms with E-state index in [4.69, 9.17) is 0 Å². The fourth-order valence-electron chi connectivity index (χ4n) is 4.18. The molecule has 0 rings (SSSR count). The Hall–Kier alpha value is -0.125. The van der Waals surface area contributed by atoms with Crippen molar-refractivity contribution in [3.8, 4) is 0 Å². The zero-order valence-corrected chi connectivity index (χ0v) is 22.9. The van der Waals surface area contributed by atoms with Crippen LogP contribution in [0.4, 0.5) is 0 Å². The number of hydrogen-bond acceptors (Lipinski definition) is 4.